The van der Waals surface area contributed by atoms with Crippen LogP contribution in [0, 0.1) is 11.8 Å². The summed E-state index contributed by atoms with van der Waals surface area (Å²) in [6.07, 6.45) is 2.82. The smallest absolute Gasteiger partial charge is 0.210 e. The molecule has 3 unspecified atom stereocenters. The fourth-order valence-electron chi connectivity index (χ4n) is 1.83. The Bertz CT molecular complexity index is 180. The maximum Gasteiger partial charge on any atom is 0.210 e. The first-order chi connectivity index (χ1) is 4.86. The van der Waals surface area contributed by atoms with Gasteiger partial charge in [-0.1, -0.05) is 0 Å². The van der Waals surface area contributed by atoms with Crippen molar-refractivity contribution in [3.05, 3.63) is 0 Å². The van der Waals surface area contributed by atoms with Crippen LogP contribution in [-0.2, 0) is 9.59 Å². The standard InChI is InChI=1S/C7H9NO2/c9-3-7-6-1-5(6)2-8(7)4-10/h3-7H,1-2H2. The molecule has 0 aromatic carbocycles. The number of carbonyl (C=O) groups is 2. The van der Waals surface area contributed by atoms with E-state index >= 15 is 0 Å². The number of nitrogens with zero attached hydrogens (tertiary/aromatic N) is 1. The fourth-order valence-corrected chi connectivity index (χ4v) is 1.83. The van der Waals surface area contributed by atoms with Gasteiger partial charge in [-0.15, -0.1) is 0 Å². The molecule has 1 heterocycles. The van der Waals surface area contributed by atoms with E-state index in [1.54, 1.807) is 4.90 Å². The Morgan fingerprint density at radius 1 is 1.40 bits per heavy atom. The molecule has 3 nitrogen and oxygen atoms in total. The molecule has 3 heteroatoms. The quantitative estimate of drug-likeness (QED) is 0.491. The molecule has 0 N–H and O–H groups in total. The minimum atomic E-state index is -0.0949. The van der Waals surface area contributed by atoms with Gasteiger partial charge in [-0.2, -0.15) is 0 Å². The summed E-state index contributed by atoms with van der Waals surface area (Å²) in [6.45, 7) is 0.803. The average molecular weight is 139 g/mol. The third kappa shape index (κ3) is 0.602. The molecule has 10 heavy (non-hydrogen) atoms. The van der Waals surface area contributed by atoms with Gasteiger partial charge in [0.25, 0.3) is 0 Å². The molecule has 1 saturated heterocycles. The van der Waals surface area contributed by atoms with Gasteiger partial charge in [-0.3, -0.25) is 4.79 Å². The third-order valence-corrected chi connectivity index (χ3v) is 2.52. The summed E-state index contributed by atoms with van der Waals surface area (Å²) in [7, 11) is 0. The predicted molar refractivity (Wildman–Crippen MR) is 34.2 cm³/mol. The summed E-state index contributed by atoms with van der Waals surface area (Å²) in [5.74, 6) is 1.14. The highest BCUT2D eigenvalue weighted by Gasteiger charge is 2.52. The molecule has 1 amide bonds. The summed E-state index contributed by atoms with van der Waals surface area (Å²) < 4.78 is 0. The SMILES string of the molecule is O=CC1C2CC2CN1C=O. The predicted octanol–water partition coefficient (Wildman–Crippen LogP) is -0.338. The van der Waals surface area contributed by atoms with Crippen molar-refractivity contribution in [1.82, 2.24) is 4.90 Å². The zero-order chi connectivity index (χ0) is 7.14. The van der Waals surface area contributed by atoms with Crippen LogP contribution < -0.4 is 0 Å². The van der Waals surface area contributed by atoms with E-state index in [0.717, 1.165) is 25.7 Å². The number of hydrogen-bond donors (Lipinski definition) is 0. The fraction of sp³-hybridized carbons (Fsp3) is 0.714. The van der Waals surface area contributed by atoms with E-state index in [-0.39, 0.29) is 6.04 Å². The molecule has 2 rings (SSSR count). The lowest BCUT2D eigenvalue weighted by Gasteiger charge is -2.16. The van der Waals surface area contributed by atoms with E-state index in [9.17, 15) is 9.59 Å². The summed E-state index contributed by atoms with van der Waals surface area (Å²) >= 11 is 0. The van der Waals surface area contributed by atoms with Gasteiger partial charge in [-0.25, -0.2) is 0 Å². The van der Waals surface area contributed by atoms with Crippen molar-refractivity contribution < 1.29 is 9.59 Å². The van der Waals surface area contributed by atoms with Crippen molar-refractivity contribution in [1.29, 1.82) is 0 Å². The number of likely N-dealkylation sites (tertiary alicyclic amines) is 1. The van der Waals surface area contributed by atoms with E-state index in [4.69, 9.17) is 0 Å². The Morgan fingerprint density at radius 2 is 2.20 bits per heavy atom. The second-order valence-corrected chi connectivity index (χ2v) is 3.09. The van der Waals surface area contributed by atoms with Crippen molar-refractivity contribution in [2.24, 2.45) is 11.8 Å². The summed E-state index contributed by atoms with van der Waals surface area (Å²) in [6, 6.07) is -0.0949. The Balaban J connectivity index is 2.11. The number of hydrogen-bond acceptors (Lipinski definition) is 2. The highest BCUT2D eigenvalue weighted by molar-refractivity contribution is 5.66. The van der Waals surface area contributed by atoms with E-state index in [1.165, 1.54) is 0 Å². The van der Waals surface area contributed by atoms with Gasteiger partial charge in [0.15, 0.2) is 0 Å². The minimum Gasteiger partial charge on any atom is -0.335 e. The third-order valence-electron chi connectivity index (χ3n) is 2.52. The molecule has 1 aliphatic carbocycles. The molecule has 1 saturated carbocycles. The molecule has 2 aliphatic rings. The maximum absolute atomic E-state index is 10.4. The second-order valence-electron chi connectivity index (χ2n) is 3.09. The Labute approximate surface area is 59.0 Å². The monoisotopic (exact) mass is 139 g/mol. The molecule has 2 fully saturated rings. The molecule has 3 atom stereocenters. The van der Waals surface area contributed by atoms with Crippen LogP contribution in [-0.4, -0.2) is 30.2 Å². The Morgan fingerprint density at radius 3 is 2.70 bits per heavy atom. The van der Waals surface area contributed by atoms with Gasteiger partial charge in [-0.05, 0) is 18.3 Å². The van der Waals surface area contributed by atoms with Crippen LogP contribution in [0.2, 0.25) is 0 Å². The molecule has 0 aromatic rings. The highest BCUT2D eigenvalue weighted by Crippen LogP contribution is 2.48. The largest absolute Gasteiger partial charge is 0.335 e. The molecule has 0 bridgehead atoms. The number of carbonyl (C=O) groups excluding carboxylic acids is 2. The summed E-state index contributed by atoms with van der Waals surface area (Å²) in [5, 5.41) is 0. The average Bonchev–Trinajstić information content (AvgIpc) is 2.63. The first-order valence-corrected chi connectivity index (χ1v) is 3.53. The molecule has 0 spiro atoms. The van der Waals surface area contributed by atoms with Crippen molar-refractivity contribution >= 4 is 12.7 Å². The normalized spacial score (nSPS) is 42.8. The van der Waals surface area contributed by atoms with Gasteiger partial charge >= 0.3 is 0 Å². The molecule has 1 aliphatic heterocycles. The Kier molecular flexibility index (Phi) is 1.07. The minimum absolute atomic E-state index is 0.0949. The van der Waals surface area contributed by atoms with Crippen LogP contribution in [0.25, 0.3) is 0 Å². The number of fused-ring (bicyclic) bond motifs is 1. The van der Waals surface area contributed by atoms with Gasteiger partial charge in [0.05, 0.1) is 6.04 Å². The zero-order valence-corrected chi connectivity index (χ0v) is 5.56. The maximum atomic E-state index is 10.4. The lowest BCUT2D eigenvalue weighted by atomic mass is 10.2. The van der Waals surface area contributed by atoms with Gasteiger partial charge in [0, 0.05) is 6.54 Å². The van der Waals surface area contributed by atoms with Crippen molar-refractivity contribution in [3.8, 4) is 0 Å². The van der Waals surface area contributed by atoms with E-state index in [0.29, 0.717) is 11.8 Å². The molecule has 0 aromatic heterocycles. The Hall–Kier alpha value is -0.860. The van der Waals surface area contributed by atoms with Crippen LogP contribution in [0.4, 0.5) is 0 Å². The van der Waals surface area contributed by atoms with Crippen LogP contribution in [0.1, 0.15) is 6.42 Å². The lowest BCUT2D eigenvalue weighted by Crippen LogP contribution is -2.32. The van der Waals surface area contributed by atoms with Crippen LogP contribution >= 0.6 is 0 Å². The summed E-state index contributed by atoms with van der Waals surface area (Å²) in [5.41, 5.74) is 0. The topological polar surface area (TPSA) is 37.4 Å². The van der Waals surface area contributed by atoms with Crippen LogP contribution in [0.3, 0.4) is 0 Å². The van der Waals surface area contributed by atoms with Crippen molar-refractivity contribution in [2.45, 2.75) is 12.5 Å². The molecule has 54 valence electrons. The first-order valence-electron chi connectivity index (χ1n) is 3.53. The van der Waals surface area contributed by atoms with E-state index < -0.39 is 0 Å². The van der Waals surface area contributed by atoms with E-state index in [1.807, 2.05) is 0 Å². The van der Waals surface area contributed by atoms with Gasteiger partial charge in [0.2, 0.25) is 6.41 Å². The van der Waals surface area contributed by atoms with Crippen molar-refractivity contribution in [2.75, 3.05) is 6.54 Å². The van der Waals surface area contributed by atoms with Gasteiger partial charge < -0.3 is 9.69 Å². The van der Waals surface area contributed by atoms with Crippen LogP contribution in [0.15, 0.2) is 0 Å². The molecule has 0 radical (unpaired) electrons. The number of amides is 1. The zero-order valence-electron chi connectivity index (χ0n) is 5.56. The first kappa shape index (κ1) is 5.89. The second kappa shape index (κ2) is 1.81. The highest BCUT2D eigenvalue weighted by atomic mass is 16.1. The van der Waals surface area contributed by atoms with Crippen LogP contribution in [0.5, 0.6) is 0 Å². The lowest BCUT2D eigenvalue weighted by molar-refractivity contribution is -0.124. The number of piperidine rings is 1. The molecular weight excluding hydrogens is 130 g/mol. The number of rotatable bonds is 2. The molecular formula is C7H9NO2. The summed E-state index contributed by atoms with van der Waals surface area (Å²) in [4.78, 5) is 22.3. The van der Waals surface area contributed by atoms with Crippen molar-refractivity contribution in [3.63, 3.8) is 0 Å². The number of aldehydes is 1. The van der Waals surface area contributed by atoms with E-state index in [2.05, 4.69) is 0 Å². The van der Waals surface area contributed by atoms with Gasteiger partial charge in [0.1, 0.15) is 6.29 Å².